The molecule has 2 aromatic rings. The molecule has 4 heterocycles. The standard InChI is InChI=1S/C21H30F2N6O3/c1-20(2,3)32-19(31)29-8-6-15(21(22,23)13-29)27-9-11-28(12-10-27)17-16-14(5-7-24-17)25-18(30)26(16)4/h5,7,15H,6,8-13H2,1-4H3,(H,25,30)/t15-/m1/s1. The van der Waals surface area contributed by atoms with Gasteiger partial charge in [0, 0.05) is 46.0 Å². The molecule has 0 saturated carbocycles. The van der Waals surface area contributed by atoms with Crippen LogP contribution in [0.2, 0.25) is 0 Å². The van der Waals surface area contributed by atoms with E-state index in [0.717, 1.165) is 4.90 Å². The summed E-state index contributed by atoms with van der Waals surface area (Å²) >= 11 is 0. The monoisotopic (exact) mass is 452 g/mol. The Kier molecular flexibility index (Phi) is 5.64. The summed E-state index contributed by atoms with van der Waals surface area (Å²) in [6.07, 6.45) is 1.13. The van der Waals surface area contributed by atoms with Crippen molar-refractivity contribution in [3.63, 3.8) is 0 Å². The summed E-state index contributed by atoms with van der Waals surface area (Å²) in [5.41, 5.74) is 0.469. The molecule has 1 amide bonds. The van der Waals surface area contributed by atoms with Gasteiger partial charge in [0.1, 0.15) is 11.1 Å². The van der Waals surface area contributed by atoms with Crippen molar-refractivity contribution in [2.45, 2.75) is 44.8 Å². The van der Waals surface area contributed by atoms with Crippen molar-refractivity contribution in [2.75, 3.05) is 44.2 Å². The summed E-state index contributed by atoms with van der Waals surface area (Å²) in [6.45, 7) is 6.69. The number of piperidine rings is 1. The molecule has 2 aliphatic rings. The summed E-state index contributed by atoms with van der Waals surface area (Å²) in [6, 6.07) is 0.818. The van der Waals surface area contributed by atoms with E-state index in [9.17, 15) is 9.59 Å². The van der Waals surface area contributed by atoms with Gasteiger partial charge in [-0.15, -0.1) is 0 Å². The largest absolute Gasteiger partial charge is 0.444 e. The lowest BCUT2D eigenvalue weighted by atomic mass is 9.98. The number of piperazine rings is 1. The van der Waals surface area contributed by atoms with E-state index in [1.165, 1.54) is 4.57 Å². The highest BCUT2D eigenvalue weighted by molar-refractivity contribution is 5.86. The first-order valence-corrected chi connectivity index (χ1v) is 10.8. The molecule has 2 aromatic heterocycles. The molecule has 32 heavy (non-hydrogen) atoms. The number of nitrogens with zero attached hydrogens (tertiary/aromatic N) is 5. The first-order valence-electron chi connectivity index (χ1n) is 10.8. The van der Waals surface area contributed by atoms with Gasteiger partial charge in [0.15, 0.2) is 5.82 Å². The maximum atomic E-state index is 15.0. The number of fused-ring (bicyclic) bond motifs is 1. The number of aromatic nitrogens is 3. The number of likely N-dealkylation sites (tertiary alicyclic amines) is 1. The fourth-order valence-electron chi connectivity index (χ4n) is 4.51. The van der Waals surface area contributed by atoms with Crippen LogP contribution in [-0.4, -0.2) is 87.3 Å². The minimum atomic E-state index is -3.03. The first-order chi connectivity index (χ1) is 15.0. The van der Waals surface area contributed by atoms with Crippen LogP contribution in [0.5, 0.6) is 0 Å². The van der Waals surface area contributed by atoms with Gasteiger partial charge in [-0.1, -0.05) is 0 Å². The molecule has 4 rings (SSSR count). The number of ether oxygens (including phenoxy) is 1. The second-order valence-electron chi connectivity index (χ2n) is 9.51. The number of imidazole rings is 1. The van der Waals surface area contributed by atoms with Gasteiger partial charge >= 0.3 is 11.8 Å². The lowest BCUT2D eigenvalue weighted by Crippen LogP contribution is -2.62. The Labute approximate surface area is 184 Å². The number of anilines is 1. The molecule has 0 bridgehead atoms. The van der Waals surface area contributed by atoms with Crippen LogP contribution in [0.1, 0.15) is 27.2 Å². The van der Waals surface area contributed by atoms with Gasteiger partial charge < -0.3 is 19.5 Å². The number of hydrogen-bond donors (Lipinski definition) is 1. The van der Waals surface area contributed by atoms with E-state index in [-0.39, 0.29) is 18.7 Å². The van der Waals surface area contributed by atoms with Crippen LogP contribution in [-0.2, 0) is 11.8 Å². The van der Waals surface area contributed by atoms with Crippen LogP contribution in [0.15, 0.2) is 17.1 Å². The third-order valence-corrected chi connectivity index (χ3v) is 6.05. The van der Waals surface area contributed by atoms with Crippen molar-refractivity contribution in [1.29, 1.82) is 0 Å². The molecule has 0 radical (unpaired) electrons. The number of amides is 1. The minimum Gasteiger partial charge on any atom is -0.444 e. The van der Waals surface area contributed by atoms with Crippen LogP contribution in [0.4, 0.5) is 19.4 Å². The molecule has 9 nitrogen and oxygen atoms in total. The van der Waals surface area contributed by atoms with Crippen LogP contribution < -0.4 is 10.6 Å². The fraction of sp³-hybridized carbons (Fsp3) is 0.667. The lowest BCUT2D eigenvalue weighted by molar-refractivity contribution is -0.126. The smallest absolute Gasteiger partial charge is 0.410 e. The predicted molar refractivity (Wildman–Crippen MR) is 116 cm³/mol. The van der Waals surface area contributed by atoms with Gasteiger partial charge in [0.05, 0.1) is 18.1 Å². The van der Waals surface area contributed by atoms with Crippen molar-refractivity contribution < 1.29 is 18.3 Å². The van der Waals surface area contributed by atoms with E-state index in [4.69, 9.17) is 4.74 Å². The molecular formula is C21H30F2N6O3. The summed E-state index contributed by atoms with van der Waals surface area (Å²) in [5, 5.41) is 0. The molecule has 0 aliphatic carbocycles. The average molecular weight is 453 g/mol. The highest BCUT2D eigenvalue weighted by Gasteiger charge is 2.49. The van der Waals surface area contributed by atoms with Crippen LogP contribution in [0, 0.1) is 0 Å². The molecule has 1 N–H and O–H groups in total. The number of H-pyrrole nitrogens is 1. The van der Waals surface area contributed by atoms with E-state index in [0.29, 0.717) is 43.0 Å². The number of halogens is 2. The number of carbonyl (C=O) groups is 1. The Morgan fingerprint density at radius 3 is 2.53 bits per heavy atom. The molecule has 176 valence electrons. The molecule has 2 fully saturated rings. The van der Waals surface area contributed by atoms with Crippen molar-refractivity contribution in [2.24, 2.45) is 7.05 Å². The van der Waals surface area contributed by atoms with Gasteiger partial charge in [-0.2, -0.15) is 0 Å². The first kappa shape index (κ1) is 22.5. The third-order valence-electron chi connectivity index (χ3n) is 6.05. The molecule has 0 spiro atoms. The topological polar surface area (TPSA) is 86.7 Å². The number of aryl methyl sites for hydroxylation is 1. The number of carbonyl (C=O) groups excluding carboxylic acids is 1. The summed E-state index contributed by atoms with van der Waals surface area (Å²) < 4.78 is 36.8. The van der Waals surface area contributed by atoms with Crippen LogP contribution in [0.25, 0.3) is 11.0 Å². The van der Waals surface area contributed by atoms with Crippen molar-refractivity contribution in [3.8, 4) is 0 Å². The number of pyridine rings is 1. The number of nitrogens with one attached hydrogen (secondary N) is 1. The highest BCUT2D eigenvalue weighted by atomic mass is 19.3. The Bertz CT molecular complexity index is 1050. The molecule has 0 unspecified atom stereocenters. The van der Waals surface area contributed by atoms with Crippen LogP contribution >= 0.6 is 0 Å². The number of alkyl halides is 2. The molecule has 11 heteroatoms. The minimum absolute atomic E-state index is 0.187. The summed E-state index contributed by atoms with van der Waals surface area (Å²) in [4.78, 5) is 36.4. The highest BCUT2D eigenvalue weighted by Crippen LogP contribution is 2.33. The van der Waals surface area contributed by atoms with Gasteiger partial charge in [-0.25, -0.2) is 23.4 Å². The zero-order valence-electron chi connectivity index (χ0n) is 18.9. The second kappa shape index (κ2) is 8.02. The van der Waals surface area contributed by atoms with Crippen LogP contribution in [0.3, 0.4) is 0 Å². The average Bonchev–Trinajstić information content (AvgIpc) is 3.00. The maximum absolute atomic E-state index is 15.0. The zero-order valence-corrected chi connectivity index (χ0v) is 18.9. The fourth-order valence-corrected chi connectivity index (χ4v) is 4.51. The molecule has 1 atom stereocenters. The Morgan fingerprint density at radius 2 is 1.91 bits per heavy atom. The number of hydrogen-bond acceptors (Lipinski definition) is 6. The number of aromatic amines is 1. The number of rotatable bonds is 2. The van der Waals surface area contributed by atoms with Gasteiger partial charge in [0.2, 0.25) is 0 Å². The normalized spacial score (nSPS) is 22.4. The molecule has 2 saturated heterocycles. The van der Waals surface area contributed by atoms with Gasteiger partial charge in [0.25, 0.3) is 5.92 Å². The Hall–Kier alpha value is -2.69. The predicted octanol–water partition coefficient (Wildman–Crippen LogP) is 2.03. The van der Waals surface area contributed by atoms with Crippen molar-refractivity contribution >= 4 is 22.9 Å². The quantitative estimate of drug-likeness (QED) is 0.751. The zero-order chi connectivity index (χ0) is 23.3. The Balaban J connectivity index is 1.42. The molecule has 0 aromatic carbocycles. The SMILES string of the molecule is Cn1c(=O)[nH]c2ccnc(N3CCN([C@@H]4CCN(C(=O)OC(C)(C)C)CC4(F)F)CC3)c21. The van der Waals surface area contributed by atoms with E-state index < -0.39 is 30.2 Å². The van der Waals surface area contributed by atoms with Gasteiger partial charge in [-0.3, -0.25) is 9.47 Å². The Morgan fingerprint density at radius 1 is 1.22 bits per heavy atom. The van der Waals surface area contributed by atoms with Gasteiger partial charge in [-0.05, 0) is 33.3 Å². The lowest BCUT2D eigenvalue weighted by Gasteiger charge is -2.46. The van der Waals surface area contributed by atoms with E-state index in [2.05, 4.69) is 9.97 Å². The molecule has 2 aliphatic heterocycles. The third kappa shape index (κ3) is 4.30. The molecular weight excluding hydrogens is 422 g/mol. The van der Waals surface area contributed by atoms with E-state index >= 15 is 8.78 Å². The van der Waals surface area contributed by atoms with Crippen molar-refractivity contribution in [3.05, 3.63) is 22.7 Å². The second-order valence-corrected chi connectivity index (χ2v) is 9.51. The maximum Gasteiger partial charge on any atom is 0.410 e. The summed E-state index contributed by atoms with van der Waals surface area (Å²) in [5.74, 6) is -2.35. The van der Waals surface area contributed by atoms with E-state index in [1.54, 1.807) is 45.0 Å². The summed E-state index contributed by atoms with van der Waals surface area (Å²) in [7, 11) is 1.68. The van der Waals surface area contributed by atoms with E-state index in [1.807, 2.05) is 4.90 Å². The van der Waals surface area contributed by atoms with Crippen molar-refractivity contribution in [1.82, 2.24) is 24.3 Å².